The van der Waals surface area contributed by atoms with Crippen LogP contribution in [0.3, 0.4) is 0 Å². The van der Waals surface area contributed by atoms with Gasteiger partial charge in [0.05, 0.1) is 6.54 Å². The maximum atomic E-state index is 12.1. The van der Waals surface area contributed by atoms with E-state index in [2.05, 4.69) is 30.0 Å². The van der Waals surface area contributed by atoms with Gasteiger partial charge in [0.1, 0.15) is 12.1 Å². The highest BCUT2D eigenvalue weighted by Gasteiger charge is 2.18. The highest BCUT2D eigenvalue weighted by molar-refractivity contribution is 5.39. The lowest BCUT2D eigenvalue weighted by Crippen LogP contribution is -2.48. The van der Waals surface area contributed by atoms with E-state index in [1.165, 1.54) is 4.68 Å². The minimum atomic E-state index is -0.0963. The van der Waals surface area contributed by atoms with Gasteiger partial charge in [-0.3, -0.25) is 9.69 Å². The van der Waals surface area contributed by atoms with Gasteiger partial charge in [-0.2, -0.15) is 5.10 Å². The molecule has 0 unspecified atom stereocenters. The number of hydrogen-bond acceptors (Lipinski definition) is 7. The van der Waals surface area contributed by atoms with Gasteiger partial charge in [0.25, 0.3) is 5.56 Å². The van der Waals surface area contributed by atoms with E-state index in [-0.39, 0.29) is 5.56 Å². The molecule has 0 spiro atoms. The predicted molar refractivity (Wildman–Crippen MR) is 101 cm³/mol. The molecule has 0 saturated carbocycles. The Morgan fingerprint density at radius 1 is 1.04 bits per heavy atom. The first-order valence-electron chi connectivity index (χ1n) is 9.03. The molecule has 9 nitrogen and oxygen atoms in total. The Kier molecular flexibility index (Phi) is 4.93. The number of hydrogen-bond donors (Lipinski definition) is 0. The maximum absolute atomic E-state index is 12.1. The number of aryl methyl sites for hydroxylation is 1. The summed E-state index contributed by atoms with van der Waals surface area (Å²) in [5, 5.41) is 8.58. The Balaban J connectivity index is 1.35. The Labute approximate surface area is 156 Å². The Morgan fingerprint density at radius 2 is 1.89 bits per heavy atom. The summed E-state index contributed by atoms with van der Waals surface area (Å²) >= 11 is 0. The van der Waals surface area contributed by atoms with E-state index >= 15 is 0 Å². The molecule has 0 aliphatic carbocycles. The zero-order chi connectivity index (χ0) is 18.6. The van der Waals surface area contributed by atoms with Crippen LogP contribution in [0.1, 0.15) is 5.69 Å². The molecular weight excluding hydrogens is 344 g/mol. The van der Waals surface area contributed by atoms with E-state index in [4.69, 9.17) is 0 Å². The van der Waals surface area contributed by atoms with E-state index in [0.29, 0.717) is 12.4 Å². The third-order valence-corrected chi connectivity index (χ3v) is 4.71. The van der Waals surface area contributed by atoms with E-state index in [0.717, 1.165) is 44.2 Å². The van der Waals surface area contributed by atoms with Crippen molar-refractivity contribution < 1.29 is 0 Å². The Morgan fingerprint density at radius 3 is 2.63 bits per heavy atom. The summed E-state index contributed by atoms with van der Waals surface area (Å²) in [6, 6.07) is 7.07. The van der Waals surface area contributed by atoms with Crippen molar-refractivity contribution in [2.24, 2.45) is 0 Å². The smallest absolute Gasteiger partial charge is 0.266 e. The van der Waals surface area contributed by atoms with Crippen molar-refractivity contribution in [1.82, 2.24) is 34.4 Å². The fraction of sp³-hybridized carbons (Fsp3) is 0.389. The van der Waals surface area contributed by atoms with Crippen LogP contribution in [-0.4, -0.2) is 67.2 Å². The molecule has 1 aliphatic rings. The quantitative estimate of drug-likeness (QED) is 0.644. The van der Waals surface area contributed by atoms with Crippen LogP contribution in [0.2, 0.25) is 0 Å². The van der Waals surface area contributed by atoms with Crippen LogP contribution in [0.25, 0.3) is 5.82 Å². The van der Waals surface area contributed by atoms with Crippen molar-refractivity contribution in [3.05, 3.63) is 59.0 Å². The van der Waals surface area contributed by atoms with Crippen LogP contribution in [-0.2, 0) is 6.54 Å². The first-order chi connectivity index (χ1) is 13.2. The molecule has 1 fully saturated rings. The van der Waals surface area contributed by atoms with Crippen molar-refractivity contribution in [3.63, 3.8) is 0 Å². The van der Waals surface area contributed by atoms with Gasteiger partial charge in [-0.05, 0) is 19.1 Å². The van der Waals surface area contributed by atoms with Crippen LogP contribution in [0, 0.1) is 6.92 Å². The molecule has 9 heteroatoms. The largest absolute Gasteiger partial charge is 0.354 e. The normalized spacial score (nSPS) is 15.2. The third kappa shape index (κ3) is 4.03. The number of nitrogens with zero attached hydrogens (tertiary/aromatic N) is 8. The second-order valence-corrected chi connectivity index (χ2v) is 6.55. The minimum Gasteiger partial charge on any atom is -0.354 e. The first kappa shape index (κ1) is 17.3. The van der Waals surface area contributed by atoms with Gasteiger partial charge in [-0.25, -0.2) is 19.3 Å². The van der Waals surface area contributed by atoms with E-state index in [1.807, 2.05) is 25.3 Å². The van der Waals surface area contributed by atoms with E-state index in [9.17, 15) is 4.79 Å². The number of aromatic nitrogens is 6. The van der Waals surface area contributed by atoms with Gasteiger partial charge in [-0.15, -0.1) is 5.10 Å². The van der Waals surface area contributed by atoms with Crippen molar-refractivity contribution in [3.8, 4) is 5.82 Å². The fourth-order valence-electron chi connectivity index (χ4n) is 3.17. The Hall–Kier alpha value is -3.07. The van der Waals surface area contributed by atoms with Crippen LogP contribution in [0.5, 0.6) is 0 Å². The van der Waals surface area contributed by atoms with Gasteiger partial charge < -0.3 is 4.90 Å². The standard InChI is InChI=1S/C18H22N8O/c1-15-13-17(20-14-19-15)24-10-7-23(8-11-24)9-12-26-18(27)4-3-16(22-26)25-6-2-5-21-25/h2-6,13-14H,7-12H2,1H3. The molecular formula is C18H22N8O. The molecule has 0 bridgehead atoms. The molecule has 0 amide bonds. The summed E-state index contributed by atoms with van der Waals surface area (Å²) in [4.78, 5) is 25.2. The van der Waals surface area contributed by atoms with Crippen molar-refractivity contribution in [1.29, 1.82) is 0 Å². The van der Waals surface area contributed by atoms with Gasteiger partial charge in [0, 0.05) is 62.9 Å². The zero-order valence-corrected chi connectivity index (χ0v) is 15.3. The SMILES string of the molecule is Cc1cc(N2CCN(CCn3nc(-n4cccn4)ccc3=O)CC2)ncn1. The second kappa shape index (κ2) is 7.67. The summed E-state index contributed by atoms with van der Waals surface area (Å²) in [7, 11) is 0. The van der Waals surface area contributed by atoms with Gasteiger partial charge in [0.2, 0.25) is 0 Å². The Bertz CT molecular complexity index is 944. The predicted octanol–water partition coefficient (Wildman–Crippen LogP) is 0.350. The number of piperazine rings is 1. The summed E-state index contributed by atoms with van der Waals surface area (Å²) in [6.07, 6.45) is 5.11. The topological polar surface area (TPSA) is 85.0 Å². The first-order valence-corrected chi connectivity index (χ1v) is 9.03. The molecule has 4 heterocycles. The minimum absolute atomic E-state index is 0.0963. The number of rotatable bonds is 5. The average Bonchev–Trinajstić information content (AvgIpc) is 3.23. The molecule has 1 saturated heterocycles. The molecule has 140 valence electrons. The maximum Gasteiger partial charge on any atom is 0.266 e. The lowest BCUT2D eigenvalue weighted by Gasteiger charge is -2.35. The summed E-state index contributed by atoms with van der Waals surface area (Å²) in [5.74, 6) is 1.62. The van der Waals surface area contributed by atoms with Crippen molar-refractivity contribution in [2.75, 3.05) is 37.6 Å². The molecule has 0 N–H and O–H groups in total. The average molecular weight is 366 g/mol. The van der Waals surface area contributed by atoms with Crippen molar-refractivity contribution >= 4 is 5.82 Å². The van der Waals surface area contributed by atoms with Crippen LogP contribution >= 0.6 is 0 Å². The zero-order valence-electron chi connectivity index (χ0n) is 15.3. The van der Waals surface area contributed by atoms with Crippen LogP contribution < -0.4 is 10.5 Å². The monoisotopic (exact) mass is 366 g/mol. The van der Waals surface area contributed by atoms with Crippen LogP contribution in [0.15, 0.2) is 47.8 Å². The highest BCUT2D eigenvalue weighted by Crippen LogP contribution is 2.13. The second-order valence-electron chi connectivity index (χ2n) is 6.55. The summed E-state index contributed by atoms with van der Waals surface area (Å²) < 4.78 is 3.16. The lowest BCUT2D eigenvalue weighted by atomic mass is 10.3. The van der Waals surface area contributed by atoms with Crippen LogP contribution in [0.4, 0.5) is 5.82 Å². The van der Waals surface area contributed by atoms with Gasteiger partial charge in [-0.1, -0.05) is 0 Å². The summed E-state index contributed by atoms with van der Waals surface area (Å²) in [5.41, 5.74) is 0.881. The molecule has 0 aromatic carbocycles. The molecule has 1 aliphatic heterocycles. The molecule has 3 aromatic heterocycles. The molecule has 0 atom stereocenters. The fourth-order valence-corrected chi connectivity index (χ4v) is 3.17. The van der Waals surface area contributed by atoms with Crippen molar-refractivity contribution in [2.45, 2.75) is 13.5 Å². The van der Waals surface area contributed by atoms with Gasteiger partial charge >= 0.3 is 0 Å². The van der Waals surface area contributed by atoms with E-state index in [1.54, 1.807) is 29.3 Å². The molecule has 27 heavy (non-hydrogen) atoms. The van der Waals surface area contributed by atoms with Gasteiger partial charge in [0.15, 0.2) is 5.82 Å². The molecule has 4 rings (SSSR count). The highest BCUT2D eigenvalue weighted by atomic mass is 16.1. The number of anilines is 1. The third-order valence-electron chi connectivity index (χ3n) is 4.71. The molecule has 3 aromatic rings. The molecule has 0 radical (unpaired) electrons. The van der Waals surface area contributed by atoms with E-state index < -0.39 is 0 Å². The summed E-state index contributed by atoms with van der Waals surface area (Å²) in [6.45, 7) is 6.99. The lowest BCUT2D eigenvalue weighted by molar-refractivity contribution is 0.242.